The minimum absolute atomic E-state index is 0.0588. The highest BCUT2D eigenvalue weighted by Crippen LogP contribution is 2.45. The van der Waals surface area contributed by atoms with Crippen LogP contribution in [0, 0.1) is 5.41 Å². The van der Waals surface area contributed by atoms with Gasteiger partial charge in [0.1, 0.15) is 5.69 Å². The van der Waals surface area contributed by atoms with Gasteiger partial charge in [0.25, 0.3) is 0 Å². The van der Waals surface area contributed by atoms with Crippen molar-refractivity contribution in [3.05, 3.63) is 75.7 Å². The molecule has 226 valence electrons. The number of anilines is 2. The summed E-state index contributed by atoms with van der Waals surface area (Å²) >= 11 is 6.16. The van der Waals surface area contributed by atoms with Crippen LogP contribution in [0.1, 0.15) is 38.7 Å². The summed E-state index contributed by atoms with van der Waals surface area (Å²) in [7, 11) is -3.58. The number of hydrogen-bond donors (Lipinski definition) is 2. The van der Waals surface area contributed by atoms with E-state index in [0.29, 0.717) is 54.6 Å². The van der Waals surface area contributed by atoms with Crippen molar-refractivity contribution in [2.45, 2.75) is 45.0 Å². The van der Waals surface area contributed by atoms with Crippen molar-refractivity contribution >= 4 is 33.0 Å². The molecular formula is C30H38ClN5O5S. The molecule has 0 radical (unpaired) electrons. The first-order valence-electron chi connectivity index (χ1n) is 14.3. The van der Waals surface area contributed by atoms with Gasteiger partial charge >= 0.3 is 5.56 Å². The maximum absolute atomic E-state index is 13.6. The maximum Gasteiger partial charge on any atom is 0.316 e. The predicted molar refractivity (Wildman–Crippen MR) is 165 cm³/mol. The van der Waals surface area contributed by atoms with Gasteiger partial charge in [-0.15, -0.1) is 0 Å². The number of rotatable bonds is 12. The number of halogens is 1. The molecule has 2 aromatic carbocycles. The normalized spacial score (nSPS) is 17.6. The summed E-state index contributed by atoms with van der Waals surface area (Å²) in [6, 6.07) is 14.2. The number of aliphatic hydroxyl groups excluding tert-OH is 1. The van der Waals surface area contributed by atoms with Crippen LogP contribution in [0.25, 0.3) is 5.69 Å². The molecule has 1 saturated carbocycles. The Kier molecular flexibility index (Phi) is 9.12. The van der Waals surface area contributed by atoms with Gasteiger partial charge in [-0.25, -0.2) is 8.42 Å². The molecule has 2 heterocycles. The second kappa shape index (κ2) is 12.6. The van der Waals surface area contributed by atoms with Gasteiger partial charge in [-0.05, 0) is 55.2 Å². The molecule has 1 atom stereocenters. The lowest BCUT2D eigenvalue weighted by molar-refractivity contribution is 0.183. The van der Waals surface area contributed by atoms with E-state index in [-0.39, 0.29) is 35.6 Å². The molecule has 1 saturated heterocycles. The van der Waals surface area contributed by atoms with Gasteiger partial charge in [0.15, 0.2) is 0 Å². The number of piperazine rings is 1. The highest BCUT2D eigenvalue weighted by Gasteiger charge is 2.39. The van der Waals surface area contributed by atoms with Crippen LogP contribution in [0.2, 0.25) is 5.02 Å². The lowest BCUT2D eigenvalue weighted by atomic mass is 10.2. The van der Waals surface area contributed by atoms with E-state index in [1.165, 1.54) is 8.99 Å². The summed E-state index contributed by atoms with van der Waals surface area (Å²) in [5.74, 6) is 0.0927. The first kappa shape index (κ1) is 30.3. The predicted octanol–water partition coefficient (Wildman–Crippen LogP) is 3.90. The van der Waals surface area contributed by atoms with E-state index in [9.17, 15) is 18.3 Å². The monoisotopic (exact) mass is 615 g/mol. The fourth-order valence-corrected chi connectivity index (χ4v) is 6.53. The average Bonchev–Trinajstić information content (AvgIpc) is 3.72. The average molecular weight is 616 g/mol. The number of aliphatic hydroxyl groups is 1. The molecule has 3 aromatic rings. The van der Waals surface area contributed by atoms with Crippen molar-refractivity contribution in [3.8, 4) is 11.4 Å². The number of hydrogen-bond acceptors (Lipinski definition) is 8. The molecule has 1 aliphatic heterocycles. The highest BCUT2D eigenvalue weighted by atomic mass is 35.5. The van der Waals surface area contributed by atoms with Crippen molar-refractivity contribution in [2.75, 3.05) is 49.5 Å². The Hall–Kier alpha value is -3.12. The van der Waals surface area contributed by atoms with Gasteiger partial charge in [0, 0.05) is 48.8 Å². The molecule has 0 spiro atoms. The molecular weight excluding hydrogens is 578 g/mol. The molecule has 2 aliphatic rings. The van der Waals surface area contributed by atoms with E-state index < -0.39 is 16.1 Å². The van der Waals surface area contributed by atoms with E-state index in [1.54, 1.807) is 42.6 Å². The van der Waals surface area contributed by atoms with E-state index in [2.05, 4.69) is 17.3 Å². The number of nitrogens with one attached hydrogen (secondary N) is 1. The van der Waals surface area contributed by atoms with Gasteiger partial charge < -0.3 is 20.1 Å². The smallest absolute Gasteiger partial charge is 0.316 e. The van der Waals surface area contributed by atoms with Crippen LogP contribution < -0.4 is 20.5 Å². The van der Waals surface area contributed by atoms with Crippen molar-refractivity contribution in [1.82, 2.24) is 14.1 Å². The summed E-state index contributed by atoms with van der Waals surface area (Å²) in [4.78, 5) is 15.6. The van der Waals surface area contributed by atoms with Gasteiger partial charge in [0.05, 0.1) is 30.3 Å². The van der Waals surface area contributed by atoms with Crippen molar-refractivity contribution in [2.24, 2.45) is 5.41 Å². The van der Waals surface area contributed by atoms with E-state index in [4.69, 9.17) is 16.3 Å². The number of nitrogens with zero attached hydrogens (tertiary/aromatic N) is 4. The van der Waals surface area contributed by atoms with Gasteiger partial charge in [-0.3, -0.25) is 4.79 Å². The maximum atomic E-state index is 13.6. The SMILES string of the molecule is CCC(O)CNc1cccc(CS(=O)(=O)N2CCN(c3cnn(-c4cccc(Cl)c4)c(=O)c3OCC3(C)CC3)CC2)c1. The molecule has 0 amide bonds. The Labute approximate surface area is 251 Å². The third-order valence-electron chi connectivity index (χ3n) is 7.90. The zero-order valence-corrected chi connectivity index (χ0v) is 25.6. The molecule has 10 nitrogen and oxygen atoms in total. The van der Waals surface area contributed by atoms with Crippen LogP contribution in [-0.4, -0.2) is 73.0 Å². The van der Waals surface area contributed by atoms with E-state index in [0.717, 1.165) is 18.5 Å². The van der Waals surface area contributed by atoms with Gasteiger partial charge in [0.2, 0.25) is 15.8 Å². The quantitative estimate of drug-likeness (QED) is 0.315. The van der Waals surface area contributed by atoms with Gasteiger partial charge in [-0.2, -0.15) is 14.1 Å². The molecule has 12 heteroatoms. The summed E-state index contributed by atoms with van der Waals surface area (Å²) in [6.45, 7) is 6.20. The van der Waals surface area contributed by atoms with Crippen LogP contribution in [0.4, 0.5) is 11.4 Å². The largest absolute Gasteiger partial charge is 0.486 e. The number of benzene rings is 2. The summed E-state index contributed by atoms with van der Waals surface area (Å²) in [5, 5.41) is 17.9. The molecule has 2 N–H and O–H groups in total. The second-order valence-electron chi connectivity index (χ2n) is 11.4. The molecule has 42 heavy (non-hydrogen) atoms. The summed E-state index contributed by atoms with van der Waals surface area (Å²) < 4.78 is 35.6. The number of ether oxygens (including phenoxy) is 1. The van der Waals surface area contributed by atoms with Crippen LogP contribution in [0.5, 0.6) is 5.75 Å². The van der Waals surface area contributed by atoms with Crippen molar-refractivity contribution < 1.29 is 18.3 Å². The first-order chi connectivity index (χ1) is 20.1. The molecule has 5 rings (SSSR count). The van der Waals surface area contributed by atoms with E-state index >= 15 is 0 Å². The minimum atomic E-state index is -3.58. The van der Waals surface area contributed by atoms with Gasteiger partial charge in [-0.1, -0.05) is 43.6 Å². The number of sulfonamides is 1. The molecule has 2 fully saturated rings. The first-order valence-corrected chi connectivity index (χ1v) is 16.3. The fraction of sp³-hybridized carbons (Fsp3) is 0.467. The minimum Gasteiger partial charge on any atom is -0.486 e. The molecule has 1 unspecified atom stereocenters. The summed E-state index contributed by atoms with van der Waals surface area (Å²) in [6.07, 6.45) is 3.89. The third kappa shape index (κ3) is 7.26. The van der Waals surface area contributed by atoms with Crippen LogP contribution in [-0.2, 0) is 15.8 Å². The molecule has 1 aliphatic carbocycles. The Morgan fingerprint density at radius 3 is 2.55 bits per heavy atom. The zero-order valence-electron chi connectivity index (χ0n) is 24.0. The highest BCUT2D eigenvalue weighted by molar-refractivity contribution is 7.88. The third-order valence-corrected chi connectivity index (χ3v) is 9.98. The van der Waals surface area contributed by atoms with Crippen molar-refractivity contribution in [1.29, 1.82) is 0 Å². The number of aromatic nitrogens is 2. The Morgan fingerprint density at radius 2 is 1.86 bits per heavy atom. The molecule has 1 aromatic heterocycles. The molecule has 0 bridgehead atoms. The lowest BCUT2D eigenvalue weighted by Gasteiger charge is -2.35. The van der Waals surface area contributed by atoms with Crippen LogP contribution in [0.15, 0.2) is 59.5 Å². The van der Waals surface area contributed by atoms with Crippen LogP contribution in [0.3, 0.4) is 0 Å². The standard InChI is InChI=1S/C30H38ClN5O5S/c1-3-26(37)18-32-24-8-4-6-22(16-24)20-42(39,40)35-14-12-34(13-15-35)27-19-33-36(25-9-5-7-23(31)17-25)29(38)28(27)41-21-30(2)10-11-30/h4-9,16-17,19,26,32,37H,3,10-15,18,20-21H2,1-2H3. The van der Waals surface area contributed by atoms with Crippen LogP contribution >= 0.6 is 11.6 Å². The van der Waals surface area contributed by atoms with Crippen molar-refractivity contribution in [3.63, 3.8) is 0 Å². The summed E-state index contributed by atoms with van der Waals surface area (Å²) in [5.41, 5.74) is 2.22. The van der Waals surface area contributed by atoms with E-state index in [1.807, 2.05) is 24.0 Å². The zero-order chi connectivity index (χ0) is 29.9. The lowest BCUT2D eigenvalue weighted by Crippen LogP contribution is -2.49. The fourth-order valence-electron chi connectivity index (χ4n) is 4.85. The second-order valence-corrected chi connectivity index (χ2v) is 13.8. The Balaban J connectivity index is 1.30. The topological polar surface area (TPSA) is 117 Å². The Bertz CT molecular complexity index is 1570. The Morgan fingerprint density at radius 1 is 1.12 bits per heavy atom.